The summed E-state index contributed by atoms with van der Waals surface area (Å²) < 4.78 is 5.92. The van der Waals surface area contributed by atoms with Crippen LogP contribution in [-0.2, 0) is 4.79 Å². The van der Waals surface area contributed by atoms with Gasteiger partial charge in [0.05, 0.1) is 16.3 Å². The third kappa shape index (κ3) is 4.47. The molecular formula is C27H31N5O3S. The largest absolute Gasteiger partial charge is 0.457 e. The summed E-state index contributed by atoms with van der Waals surface area (Å²) in [6.07, 6.45) is 2.73. The van der Waals surface area contributed by atoms with Gasteiger partial charge >= 0.3 is 6.03 Å². The Morgan fingerprint density at radius 1 is 1.03 bits per heavy atom. The SMILES string of the molecule is CN1CCC(NC(=O)C2=C3NC(=O)N(c4ccc(Oc5ccccc5)cc4)C4CCNC(S2)C34)CC1. The van der Waals surface area contributed by atoms with Crippen LogP contribution in [-0.4, -0.2) is 61.0 Å². The first-order valence-corrected chi connectivity index (χ1v) is 13.5. The Morgan fingerprint density at radius 2 is 1.75 bits per heavy atom. The van der Waals surface area contributed by atoms with Crippen molar-refractivity contribution in [2.75, 3.05) is 31.6 Å². The molecular weight excluding hydrogens is 474 g/mol. The molecule has 2 aromatic carbocycles. The predicted octanol–water partition coefficient (Wildman–Crippen LogP) is 3.48. The van der Waals surface area contributed by atoms with Crippen LogP contribution in [0.5, 0.6) is 11.5 Å². The molecule has 9 heteroatoms. The molecule has 2 aromatic rings. The molecule has 6 rings (SSSR count). The molecule has 4 aliphatic rings. The van der Waals surface area contributed by atoms with E-state index in [1.54, 1.807) is 11.8 Å². The summed E-state index contributed by atoms with van der Waals surface area (Å²) in [6, 6.07) is 17.3. The number of ether oxygens (including phenoxy) is 1. The number of hydrogen-bond donors (Lipinski definition) is 3. The summed E-state index contributed by atoms with van der Waals surface area (Å²) in [4.78, 5) is 31.5. The highest BCUT2D eigenvalue weighted by Crippen LogP contribution is 2.48. The molecule has 4 aliphatic heterocycles. The molecule has 8 nitrogen and oxygen atoms in total. The summed E-state index contributed by atoms with van der Waals surface area (Å²) in [5.41, 5.74) is 1.60. The second-order valence-corrected chi connectivity index (χ2v) is 11.0. The lowest BCUT2D eigenvalue weighted by molar-refractivity contribution is -0.117. The number of hydrogen-bond acceptors (Lipinski definition) is 6. The van der Waals surface area contributed by atoms with Crippen LogP contribution in [0.4, 0.5) is 10.5 Å². The van der Waals surface area contributed by atoms with Crippen molar-refractivity contribution in [3.05, 3.63) is 65.2 Å². The highest BCUT2D eigenvalue weighted by molar-refractivity contribution is 8.04. The minimum absolute atomic E-state index is 0.0120. The van der Waals surface area contributed by atoms with Crippen molar-refractivity contribution in [2.45, 2.75) is 36.7 Å². The van der Waals surface area contributed by atoms with Gasteiger partial charge in [-0.05, 0) is 82.3 Å². The molecule has 3 fully saturated rings. The number of carbonyl (C=O) groups is 2. The second kappa shape index (κ2) is 9.80. The van der Waals surface area contributed by atoms with E-state index in [-0.39, 0.29) is 35.3 Å². The second-order valence-electron chi connectivity index (χ2n) is 9.88. The van der Waals surface area contributed by atoms with Crippen molar-refractivity contribution < 1.29 is 14.3 Å². The number of nitrogens with zero attached hydrogens (tertiary/aromatic N) is 2. The molecule has 4 heterocycles. The fourth-order valence-electron chi connectivity index (χ4n) is 5.63. The van der Waals surface area contributed by atoms with Crippen LogP contribution < -0.4 is 25.6 Å². The summed E-state index contributed by atoms with van der Waals surface area (Å²) in [7, 11) is 2.11. The Hall–Kier alpha value is -3.01. The van der Waals surface area contributed by atoms with Crippen molar-refractivity contribution in [1.82, 2.24) is 20.9 Å². The van der Waals surface area contributed by atoms with E-state index in [0.29, 0.717) is 4.91 Å². The van der Waals surface area contributed by atoms with Crippen LogP contribution in [0.3, 0.4) is 0 Å². The topological polar surface area (TPSA) is 85.9 Å². The summed E-state index contributed by atoms with van der Waals surface area (Å²) >= 11 is 1.56. The number of carbonyl (C=O) groups excluding carboxylic acids is 2. The molecule has 188 valence electrons. The minimum Gasteiger partial charge on any atom is -0.457 e. The fraction of sp³-hybridized carbons (Fsp3) is 0.407. The number of para-hydroxylation sites is 1. The molecule has 3 saturated heterocycles. The highest BCUT2D eigenvalue weighted by atomic mass is 32.2. The van der Waals surface area contributed by atoms with Gasteiger partial charge in [0.2, 0.25) is 0 Å². The van der Waals surface area contributed by atoms with Gasteiger partial charge in [-0.15, -0.1) is 0 Å². The van der Waals surface area contributed by atoms with Crippen LogP contribution in [0.25, 0.3) is 0 Å². The van der Waals surface area contributed by atoms with Crippen LogP contribution in [0, 0.1) is 5.92 Å². The molecule has 3 N–H and O–H groups in total. The van der Waals surface area contributed by atoms with Gasteiger partial charge in [-0.3, -0.25) is 9.69 Å². The minimum atomic E-state index is -0.185. The standard InChI is InChI=1S/C27H31N5O3S/c1-31-15-12-17(13-16-31)29-25(33)24-23-22-21(11-14-28-26(22)36-24)32(27(34)30-23)18-7-9-20(10-8-18)35-19-5-3-2-4-6-19/h2-10,17,21-22,26,28H,11-16H2,1H3,(H,29,33)(H,30,34). The molecule has 3 unspecified atom stereocenters. The molecule has 3 atom stereocenters. The number of anilines is 1. The molecule has 0 spiro atoms. The zero-order valence-corrected chi connectivity index (χ0v) is 21.1. The van der Waals surface area contributed by atoms with Crippen LogP contribution in [0.15, 0.2) is 65.2 Å². The summed E-state index contributed by atoms with van der Waals surface area (Å²) in [6.45, 7) is 2.77. The maximum absolute atomic E-state index is 13.4. The number of amides is 3. The Kier molecular flexibility index (Phi) is 6.37. The van der Waals surface area contributed by atoms with E-state index < -0.39 is 0 Å². The van der Waals surface area contributed by atoms with E-state index in [1.165, 1.54) is 0 Å². The van der Waals surface area contributed by atoms with E-state index in [9.17, 15) is 9.59 Å². The number of nitrogens with one attached hydrogen (secondary N) is 3. The van der Waals surface area contributed by atoms with E-state index >= 15 is 0 Å². The number of urea groups is 1. The molecule has 36 heavy (non-hydrogen) atoms. The Balaban J connectivity index is 1.21. The first-order valence-electron chi connectivity index (χ1n) is 12.6. The van der Waals surface area contributed by atoms with Crippen molar-refractivity contribution in [3.8, 4) is 11.5 Å². The van der Waals surface area contributed by atoms with Crippen molar-refractivity contribution in [3.63, 3.8) is 0 Å². The zero-order valence-electron chi connectivity index (χ0n) is 20.3. The molecule has 0 saturated carbocycles. The van der Waals surface area contributed by atoms with E-state index in [2.05, 4.69) is 27.9 Å². The fourth-order valence-corrected chi connectivity index (χ4v) is 7.03. The average Bonchev–Trinajstić information content (AvgIpc) is 3.26. The molecule has 0 aromatic heterocycles. The van der Waals surface area contributed by atoms with Gasteiger partial charge < -0.3 is 25.6 Å². The van der Waals surface area contributed by atoms with Gasteiger partial charge in [-0.2, -0.15) is 0 Å². The lowest BCUT2D eigenvalue weighted by Crippen LogP contribution is -2.62. The maximum Gasteiger partial charge on any atom is 0.326 e. The van der Waals surface area contributed by atoms with Crippen molar-refractivity contribution in [2.24, 2.45) is 5.92 Å². The Bertz CT molecular complexity index is 1160. The number of benzene rings is 2. The van der Waals surface area contributed by atoms with E-state index in [0.717, 1.165) is 61.8 Å². The van der Waals surface area contributed by atoms with Crippen LogP contribution in [0.2, 0.25) is 0 Å². The van der Waals surface area contributed by atoms with Crippen molar-refractivity contribution >= 4 is 29.4 Å². The lowest BCUT2D eigenvalue weighted by Gasteiger charge is -2.45. The van der Waals surface area contributed by atoms with Crippen LogP contribution >= 0.6 is 11.8 Å². The third-order valence-corrected chi connectivity index (χ3v) is 8.85. The first kappa shape index (κ1) is 23.4. The molecule has 0 aliphatic carbocycles. The maximum atomic E-state index is 13.4. The van der Waals surface area contributed by atoms with E-state index in [4.69, 9.17) is 4.74 Å². The summed E-state index contributed by atoms with van der Waals surface area (Å²) in [5.74, 6) is 1.47. The Labute approximate surface area is 215 Å². The third-order valence-electron chi connectivity index (χ3n) is 7.49. The summed E-state index contributed by atoms with van der Waals surface area (Å²) in [5, 5.41) is 9.95. The zero-order chi connectivity index (χ0) is 24.6. The average molecular weight is 506 g/mol. The van der Waals surface area contributed by atoms with Gasteiger partial charge in [0.1, 0.15) is 11.5 Å². The normalized spacial score (nSPS) is 26.4. The van der Waals surface area contributed by atoms with Crippen molar-refractivity contribution in [1.29, 1.82) is 0 Å². The predicted molar refractivity (Wildman–Crippen MR) is 141 cm³/mol. The molecule has 3 amide bonds. The van der Waals surface area contributed by atoms with Gasteiger partial charge in [-0.1, -0.05) is 30.0 Å². The first-order chi connectivity index (χ1) is 17.6. The molecule has 0 radical (unpaired) electrons. The smallest absolute Gasteiger partial charge is 0.326 e. The van der Waals surface area contributed by atoms with E-state index in [1.807, 2.05) is 59.5 Å². The quantitative estimate of drug-likeness (QED) is 0.577. The van der Waals surface area contributed by atoms with Gasteiger partial charge in [0.25, 0.3) is 5.91 Å². The van der Waals surface area contributed by atoms with Crippen LogP contribution in [0.1, 0.15) is 19.3 Å². The number of rotatable bonds is 5. The number of thioether (sulfide) groups is 1. The number of likely N-dealkylation sites (tertiary alicyclic amines) is 1. The lowest BCUT2D eigenvalue weighted by atomic mass is 9.86. The van der Waals surface area contributed by atoms with Gasteiger partial charge in [0.15, 0.2) is 0 Å². The van der Waals surface area contributed by atoms with Gasteiger partial charge in [0, 0.05) is 23.3 Å². The monoisotopic (exact) mass is 505 g/mol. The number of piperidine rings is 2. The highest BCUT2D eigenvalue weighted by Gasteiger charge is 2.51. The molecule has 0 bridgehead atoms. The van der Waals surface area contributed by atoms with Gasteiger partial charge in [-0.25, -0.2) is 4.79 Å². The Morgan fingerprint density at radius 3 is 2.50 bits per heavy atom.